The second-order valence-electron chi connectivity index (χ2n) is 20.3. The predicted octanol–water partition coefficient (Wildman–Crippen LogP) is 9.83. The maximum Gasteiger partial charge on any atom is 0.163 e. The number of hydrogen-bond donors (Lipinski definition) is 3. The highest BCUT2D eigenvalue weighted by Crippen LogP contribution is 2.40. The van der Waals surface area contributed by atoms with Crippen LogP contribution in [0.5, 0.6) is 5.75 Å². The first kappa shape index (κ1) is 51.0. The summed E-state index contributed by atoms with van der Waals surface area (Å²) in [7, 11) is 0. The number of benzene rings is 3. The van der Waals surface area contributed by atoms with Crippen molar-refractivity contribution in [2.75, 3.05) is 87.5 Å². The maximum absolute atomic E-state index is 11.2. The number of nitrogens with two attached hydrogens (primary N) is 2. The number of carbonyl (C=O) groups is 1. The van der Waals surface area contributed by atoms with Gasteiger partial charge in [0, 0.05) is 68.8 Å². The molecule has 5 heterocycles. The molecule has 5 N–H and O–H groups in total. The molecule has 4 saturated heterocycles. The van der Waals surface area contributed by atoms with Crippen LogP contribution >= 0.6 is 23.4 Å². The molecule has 8 rings (SSSR count). The summed E-state index contributed by atoms with van der Waals surface area (Å²) in [6.07, 6.45) is 11.2. The van der Waals surface area contributed by atoms with E-state index in [1.54, 1.807) is 12.1 Å². The summed E-state index contributed by atoms with van der Waals surface area (Å²) in [5, 5.41) is 11.0. The van der Waals surface area contributed by atoms with Crippen molar-refractivity contribution >= 4 is 46.5 Å². The van der Waals surface area contributed by atoms with Crippen LogP contribution in [-0.2, 0) is 19.4 Å². The summed E-state index contributed by atoms with van der Waals surface area (Å²) in [5.41, 5.74) is 20.8. The van der Waals surface area contributed by atoms with Gasteiger partial charge in [-0.1, -0.05) is 75.3 Å². The van der Waals surface area contributed by atoms with Gasteiger partial charge < -0.3 is 31.3 Å². The molecule has 364 valence electrons. The maximum atomic E-state index is 11.2. The van der Waals surface area contributed by atoms with E-state index in [2.05, 4.69) is 95.5 Å². The number of rotatable bonds is 13. The molecule has 3 aromatic carbocycles. The number of Topliss-reactive ketones (excluding diaryl/α,β-unsaturated/α-hetero) is 1. The molecule has 0 aliphatic carbocycles. The van der Waals surface area contributed by atoms with Crippen LogP contribution in [0, 0.1) is 12.8 Å². The van der Waals surface area contributed by atoms with Crippen LogP contribution in [0.4, 0.5) is 17.3 Å². The minimum absolute atomic E-state index is 0.0828. The zero-order chi connectivity index (χ0) is 47.8. The van der Waals surface area contributed by atoms with Crippen molar-refractivity contribution in [3.05, 3.63) is 93.1 Å². The molecular formula is C54H78ClN9O2S. The van der Waals surface area contributed by atoms with Crippen LogP contribution in [0.15, 0.2) is 64.6 Å². The Hall–Kier alpha value is -3.91. The van der Waals surface area contributed by atoms with Crippen molar-refractivity contribution in [2.45, 2.75) is 134 Å². The average Bonchev–Trinajstić information content (AvgIpc) is 3.31. The summed E-state index contributed by atoms with van der Waals surface area (Å²) in [4.78, 5) is 34.4. The number of piperidine rings is 3. The molecule has 4 fully saturated rings. The molecule has 0 unspecified atom stereocenters. The van der Waals surface area contributed by atoms with Crippen molar-refractivity contribution in [3.8, 4) is 5.75 Å². The van der Waals surface area contributed by atoms with Crippen LogP contribution < -0.4 is 21.3 Å². The van der Waals surface area contributed by atoms with Crippen LogP contribution in [0.1, 0.15) is 124 Å². The van der Waals surface area contributed by atoms with Crippen LogP contribution in [-0.4, -0.2) is 119 Å². The second kappa shape index (κ2) is 23.1. The molecule has 0 bridgehead atoms. The van der Waals surface area contributed by atoms with E-state index in [1.807, 2.05) is 13.1 Å². The lowest BCUT2D eigenvalue weighted by atomic mass is 9.91. The normalized spacial score (nSPS) is 19.1. The van der Waals surface area contributed by atoms with E-state index >= 15 is 0 Å². The molecule has 11 nitrogen and oxygen atoms in total. The fourth-order valence-corrected chi connectivity index (χ4v) is 11.8. The fraction of sp³-hybridized carbons (Fsp3) is 0.574. The molecule has 0 radical (unpaired) electrons. The van der Waals surface area contributed by atoms with Crippen LogP contribution in [0.2, 0.25) is 5.02 Å². The van der Waals surface area contributed by atoms with Gasteiger partial charge in [0.15, 0.2) is 11.6 Å². The van der Waals surface area contributed by atoms with Crippen molar-refractivity contribution in [1.82, 2.24) is 24.7 Å². The highest BCUT2D eigenvalue weighted by atomic mass is 35.5. The lowest BCUT2D eigenvalue weighted by Crippen LogP contribution is -2.50. The van der Waals surface area contributed by atoms with Gasteiger partial charge in [-0.05, 0) is 162 Å². The Morgan fingerprint density at radius 1 is 0.881 bits per heavy atom. The number of likely N-dealkylation sites (tertiary alicyclic amines) is 2. The summed E-state index contributed by atoms with van der Waals surface area (Å²) in [5.74, 6) is 2.41. The third-order valence-corrected chi connectivity index (χ3v) is 16.5. The SMILES string of the molecule is CC(=O)c1cc(C(C)C)c(C)cc1O.CCc1ccc(CN2CCC(N3CCC(CN4CCN(c5cccc(Sc6ncc(N7CCC(C)(N)CC7)nc6N)c5Cl)CC4)CC3)CC2)cc1CC. The van der Waals surface area contributed by atoms with Crippen molar-refractivity contribution in [1.29, 1.82) is 0 Å². The first-order valence-corrected chi connectivity index (χ1v) is 26.3. The van der Waals surface area contributed by atoms with Crippen molar-refractivity contribution < 1.29 is 9.90 Å². The van der Waals surface area contributed by atoms with Gasteiger partial charge in [-0.3, -0.25) is 14.6 Å². The number of aryl methyl sites for hydroxylation is 3. The molecular weight excluding hydrogens is 874 g/mol. The summed E-state index contributed by atoms with van der Waals surface area (Å²) in [6, 6.07) is 17.7. The predicted molar refractivity (Wildman–Crippen MR) is 279 cm³/mol. The number of phenolic OH excluding ortho intramolecular Hbond substituents is 1. The summed E-state index contributed by atoms with van der Waals surface area (Å²) < 4.78 is 0. The number of piperazine rings is 1. The largest absolute Gasteiger partial charge is 0.507 e. The number of nitrogens with zero attached hydrogens (tertiary/aromatic N) is 7. The molecule has 4 aliphatic rings. The molecule has 4 aliphatic heterocycles. The van der Waals surface area contributed by atoms with Gasteiger partial charge in [-0.15, -0.1) is 0 Å². The van der Waals surface area contributed by atoms with Crippen LogP contribution in [0.25, 0.3) is 0 Å². The third-order valence-electron chi connectivity index (χ3n) is 14.9. The Bertz CT molecular complexity index is 2270. The molecule has 4 aromatic rings. The van der Waals surface area contributed by atoms with E-state index in [9.17, 15) is 9.90 Å². The molecule has 13 heteroatoms. The molecule has 0 atom stereocenters. The van der Waals surface area contributed by atoms with Crippen molar-refractivity contribution in [3.63, 3.8) is 0 Å². The number of carbonyl (C=O) groups excluding carboxylic acids is 1. The third kappa shape index (κ3) is 13.2. The number of aromatic hydroxyl groups is 1. The monoisotopic (exact) mass is 952 g/mol. The topological polar surface area (TPSA) is 131 Å². The second-order valence-corrected chi connectivity index (χ2v) is 21.7. The van der Waals surface area contributed by atoms with Gasteiger partial charge in [-0.25, -0.2) is 9.97 Å². The first-order valence-electron chi connectivity index (χ1n) is 25.1. The smallest absolute Gasteiger partial charge is 0.163 e. The first-order chi connectivity index (χ1) is 32.1. The highest BCUT2D eigenvalue weighted by Gasteiger charge is 2.31. The van der Waals surface area contributed by atoms with E-state index in [-0.39, 0.29) is 17.1 Å². The minimum atomic E-state index is -0.113. The zero-order valence-corrected chi connectivity index (χ0v) is 43.1. The number of ketones is 1. The minimum Gasteiger partial charge on any atom is -0.507 e. The Balaban J connectivity index is 0.000000409. The summed E-state index contributed by atoms with van der Waals surface area (Å²) in [6.45, 7) is 27.4. The fourth-order valence-electron chi connectivity index (χ4n) is 10.6. The number of phenols is 1. The number of hydrogen-bond acceptors (Lipinski definition) is 12. The van der Waals surface area contributed by atoms with Gasteiger partial charge in [0.05, 0.1) is 22.5 Å². The number of aromatic nitrogens is 2. The van der Waals surface area contributed by atoms with E-state index in [0.29, 0.717) is 22.3 Å². The Morgan fingerprint density at radius 3 is 2.19 bits per heavy atom. The van der Waals surface area contributed by atoms with E-state index in [0.717, 1.165) is 116 Å². The van der Waals surface area contributed by atoms with E-state index in [4.69, 9.17) is 33.0 Å². The Labute approximate surface area is 411 Å². The van der Waals surface area contributed by atoms with E-state index in [1.165, 1.54) is 93.8 Å². The number of nitrogen functional groups attached to an aromatic ring is 1. The Morgan fingerprint density at radius 2 is 1.57 bits per heavy atom. The zero-order valence-electron chi connectivity index (χ0n) is 41.5. The van der Waals surface area contributed by atoms with E-state index < -0.39 is 0 Å². The highest BCUT2D eigenvalue weighted by molar-refractivity contribution is 7.99. The van der Waals surface area contributed by atoms with Gasteiger partial charge in [-0.2, -0.15) is 0 Å². The van der Waals surface area contributed by atoms with Gasteiger partial charge >= 0.3 is 0 Å². The van der Waals surface area contributed by atoms with Gasteiger partial charge in [0.1, 0.15) is 16.6 Å². The molecule has 1 aromatic heterocycles. The quantitative estimate of drug-likeness (QED) is 0.110. The lowest BCUT2D eigenvalue weighted by Gasteiger charge is -2.43. The number of halogens is 1. The lowest BCUT2D eigenvalue weighted by molar-refractivity contribution is 0.0661. The van der Waals surface area contributed by atoms with Crippen molar-refractivity contribution in [2.24, 2.45) is 11.7 Å². The molecule has 67 heavy (non-hydrogen) atoms. The average molecular weight is 953 g/mol. The number of anilines is 3. The summed E-state index contributed by atoms with van der Waals surface area (Å²) >= 11 is 8.56. The van der Waals surface area contributed by atoms with Gasteiger partial charge in [0.2, 0.25) is 0 Å². The Kier molecular flexibility index (Phi) is 17.6. The molecule has 0 spiro atoms. The van der Waals surface area contributed by atoms with Gasteiger partial charge in [0.25, 0.3) is 0 Å². The van der Waals surface area contributed by atoms with Crippen LogP contribution in [0.3, 0.4) is 0 Å². The molecule has 0 amide bonds. The standard InChI is InChI=1S/C42H62ClN9S.C12H16O2/c1-4-33-10-9-32(27-34(33)5-2)30-48-17-13-35(14-18-48)50-19-11-31(12-20-50)29-49-23-25-51(26-24-49)36-7-6-8-37(39(36)43)53-41-40(44)47-38(28-46-41)52-21-15-42(3,45)16-22-52;1-7(2)10-6-11(9(4)13)12(14)5-8(10)3/h6-10,27-28,31,35H,4-5,11-26,29-30,45H2,1-3H3,(H2,44,47);5-7,14H,1-4H3. The molecule has 0 saturated carbocycles.